The summed E-state index contributed by atoms with van der Waals surface area (Å²) in [5.41, 5.74) is 0. The highest BCUT2D eigenvalue weighted by Gasteiger charge is 2.42. The van der Waals surface area contributed by atoms with Crippen molar-refractivity contribution in [2.24, 2.45) is 5.92 Å². The summed E-state index contributed by atoms with van der Waals surface area (Å²) >= 11 is 0. The summed E-state index contributed by atoms with van der Waals surface area (Å²) in [6, 6.07) is -0.545. The Morgan fingerprint density at radius 2 is 1.89 bits per heavy atom. The average molecular weight is 265 g/mol. The molecule has 7 heteroatoms. The van der Waals surface area contributed by atoms with Gasteiger partial charge in [-0.25, -0.2) is 4.79 Å². The minimum atomic E-state index is -4.24. The molecule has 0 bridgehead atoms. The van der Waals surface area contributed by atoms with Gasteiger partial charge in [-0.1, -0.05) is 6.42 Å². The van der Waals surface area contributed by atoms with Crippen molar-refractivity contribution in [2.45, 2.75) is 37.9 Å². The molecule has 1 fully saturated rings. The molecular weight excluding hydrogens is 251 g/mol. The molecule has 1 aliphatic rings. The van der Waals surface area contributed by atoms with Crippen LogP contribution in [0.15, 0.2) is 12.2 Å². The number of carboxylic acids is 1. The number of carbonyl (C=O) groups excluding carboxylic acids is 1. The topological polar surface area (TPSA) is 66.4 Å². The molecule has 102 valence electrons. The number of aliphatic carboxylic acids is 1. The Bertz CT molecular complexity index is 352. The number of amides is 1. The largest absolute Gasteiger partial charge is 0.478 e. The van der Waals surface area contributed by atoms with E-state index in [4.69, 9.17) is 5.11 Å². The van der Waals surface area contributed by atoms with E-state index in [1.165, 1.54) is 0 Å². The quantitative estimate of drug-likeness (QED) is 0.765. The van der Waals surface area contributed by atoms with Gasteiger partial charge in [0, 0.05) is 18.2 Å². The molecule has 1 saturated carbocycles. The first-order chi connectivity index (χ1) is 8.29. The maximum absolute atomic E-state index is 12.5. The van der Waals surface area contributed by atoms with Crippen LogP contribution in [0.3, 0.4) is 0 Å². The number of hydrogen-bond acceptors (Lipinski definition) is 2. The van der Waals surface area contributed by atoms with E-state index in [1.807, 2.05) is 0 Å². The van der Waals surface area contributed by atoms with Crippen molar-refractivity contribution in [3.05, 3.63) is 12.2 Å². The Morgan fingerprint density at radius 3 is 2.44 bits per heavy atom. The molecule has 1 aliphatic carbocycles. The molecule has 0 heterocycles. The maximum atomic E-state index is 12.5. The van der Waals surface area contributed by atoms with Gasteiger partial charge in [-0.05, 0) is 19.3 Å². The molecule has 18 heavy (non-hydrogen) atoms. The van der Waals surface area contributed by atoms with E-state index in [0.29, 0.717) is 18.9 Å². The lowest BCUT2D eigenvalue weighted by Gasteiger charge is -2.30. The Labute approximate surface area is 102 Å². The normalized spacial score (nSPS) is 25.1. The Balaban J connectivity index is 2.48. The van der Waals surface area contributed by atoms with Crippen molar-refractivity contribution in [1.82, 2.24) is 5.32 Å². The highest BCUT2D eigenvalue weighted by molar-refractivity contribution is 5.93. The van der Waals surface area contributed by atoms with E-state index in [2.05, 4.69) is 5.32 Å². The molecule has 0 saturated heterocycles. The fourth-order valence-corrected chi connectivity index (χ4v) is 2.01. The third kappa shape index (κ3) is 4.77. The second-order valence-corrected chi connectivity index (χ2v) is 4.28. The lowest BCUT2D eigenvalue weighted by molar-refractivity contribution is -0.184. The summed E-state index contributed by atoms with van der Waals surface area (Å²) in [7, 11) is 0. The zero-order valence-electron chi connectivity index (χ0n) is 9.54. The van der Waals surface area contributed by atoms with Gasteiger partial charge in [0.15, 0.2) is 0 Å². The zero-order valence-corrected chi connectivity index (χ0v) is 9.54. The highest BCUT2D eigenvalue weighted by atomic mass is 19.4. The van der Waals surface area contributed by atoms with Crippen LogP contribution in [0.5, 0.6) is 0 Å². The van der Waals surface area contributed by atoms with Crippen LogP contribution in [0.4, 0.5) is 13.2 Å². The first kappa shape index (κ1) is 14.5. The van der Waals surface area contributed by atoms with Crippen LogP contribution in [0.25, 0.3) is 0 Å². The van der Waals surface area contributed by atoms with Crippen LogP contribution < -0.4 is 5.32 Å². The molecule has 2 atom stereocenters. The van der Waals surface area contributed by atoms with Crippen LogP contribution >= 0.6 is 0 Å². The number of nitrogens with one attached hydrogen (secondary N) is 1. The maximum Gasteiger partial charge on any atom is 0.391 e. The standard InChI is InChI=1S/C11H14F3NO3/c12-11(13,14)7-2-1-3-8(6-7)15-9(16)4-5-10(17)18/h4-5,7-8H,1-3,6H2,(H,15,16)(H,17,18)/b5-4+/t7-,8-/m0/s1. The number of alkyl halides is 3. The first-order valence-electron chi connectivity index (χ1n) is 5.57. The van der Waals surface area contributed by atoms with Crippen molar-refractivity contribution in [1.29, 1.82) is 0 Å². The lowest BCUT2D eigenvalue weighted by atomic mass is 9.85. The Hall–Kier alpha value is -1.53. The summed E-state index contributed by atoms with van der Waals surface area (Å²) in [6.07, 6.45) is -1.95. The van der Waals surface area contributed by atoms with Crippen molar-refractivity contribution >= 4 is 11.9 Å². The van der Waals surface area contributed by atoms with Crippen LogP contribution in [0.1, 0.15) is 25.7 Å². The fraction of sp³-hybridized carbons (Fsp3) is 0.636. The third-order valence-corrected chi connectivity index (χ3v) is 2.86. The van der Waals surface area contributed by atoms with Gasteiger partial charge in [0.2, 0.25) is 5.91 Å². The molecule has 0 radical (unpaired) electrons. The van der Waals surface area contributed by atoms with Gasteiger partial charge in [0.25, 0.3) is 0 Å². The summed E-state index contributed by atoms with van der Waals surface area (Å²) in [4.78, 5) is 21.4. The van der Waals surface area contributed by atoms with Gasteiger partial charge in [-0.15, -0.1) is 0 Å². The van der Waals surface area contributed by atoms with Gasteiger partial charge < -0.3 is 10.4 Å². The van der Waals surface area contributed by atoms with E-state index < -0.39 is 30.0 Å². The van der Waals surface area contributed by atoms with Gasteiger partial charge in [0.1, 0.15) is 0 Å². The van der Waals surface area contributed by atoms with Crippen LogP contribution in [-0.2, 0) is 9.59 Å². The molecule has 1 amide bonds. The van der Waals surface area contributed by atoms with Crippen molar-refractivity contribution < 1.29 is 27.9 Å². The van der Waals surface area contributed by atoms with Crippen LogP contribution in [-0.4, -0.2) is 29.2 Å². The van der Waals surface area contributed by atoms with E-state index in [9.17, 15) is 22.8 Å². The van der Waals surface area contributed by atoms with E-state index in [0.717, 1.165) is 6.08 Å². The summed E-state index contributed by atoms with van der Waals surface area (Å²) < 4.78 is 37.5. The predicted octanol–water partition coefficient (Wildman–Crippen LogP) is 1.86. The number of hydrogen-bond donors (Lipinski definition) is 2. The SMILES string of the molecule is O=C(O)/C=C/C(=O)N[C@H]1CCC[C@H](C(F)(F)F)C1. The van der Waals surface area contributed by atoms with Crippen molar-refractivity contribution in [2.75, 3.05) is 0 Å². The monoisotopic (exact) mass is 265 g/mol. The fourth-order valence-electron chi connectivity index (χ4n) is 2.01. The predicted molar refractivity (Wildman–Crippen MR) is 56.7 cm³/mol. The summed E-state index contributed by atoms with van der Waals surface area (Å²) in [5, 5.41) is 10.7. The molecule has 0 aromatic heterocycles. The molecule has 0 spiro atoms. The molecule has 0 aromatic carbocycles. The van der Waals surface area contributed by atoms with E-state index in [1.54, 1.807) is 0 Å². The van der Waals surface area contributed by atoms with Gasteiger partial charge in [-0.3, -0.25) is 4.79 Å². The highest BCUT2D eigenvalue weighted by Crippen LogP contribution is 2.37. The zero-order chi connectivity index (χ0) is 13.8. The summed E-state index contributed by atoms with van der Waals surface area (Å²) in [5.74, 6) is -3.34. The van der Waals surface area contributed by atoms with E-state index in [-0.39, 0.29) is 12.8 Å². The Kier molecular flexibility index (Phi) is 4.75. The second kappa shape index (κ2) is 5.88. The first-order valence-corrected chi connectivity index (χ1v) is 5.57. The third-order valence-electron chi connectivity index (χ3n) is 2.86. The average Bonchev–Trinajstić information content (AvgIpc) is 2.25. The minimum absolute atomic E-state index is 0.0842. The van der Waals surface area contributed by atoms with Crippen LogP contribution in [0.2, 0.25) is 0 Å². The smallest absolute Gasteiger partial charge is 0.391 e. The molecule has 2 N–H and O–H groups in total. The van der Waals surface area contributed by atoms with Crippen molar-refractivity contribution in [3.8, 4) is 0 Å². The molecule has 4 nitrogen and oxygen atoms in total. The Morgan fingerprint density at radius 1 is 1.22 bits per heavy atom. The van der Waals surface area contributed by atoms with Crippen molar-refractivity contribution in [3.63, 3.8) is 0 Å². The van der Waals surface area contributed by atoms with Gasteiger partial charge >= 0.3 is 12.1 Å². The number of halogens is 3. The van der Waals surface area contributed by atoms with E-state index >= 15 is 0 Å². The van der Waals surface area contributed by atoms with Gasteiger partial charge in [0.05, 0.1) is 5.92 Å². The second-order valence-electron chi connectivity index (χ2n) is 4.28. The number of carboxylic acid groups (broad SMARTS) is 1. The number of rotatable bonds is 3. The molecule has 1 rings (SSSR count). The molecular formula is C11H14F3NO3. The van der Waals surface area contributed by atoms with Crippen LogP contribution in [0, 0.1) is 5.92 Å². The lowest BCUT2D eigenvalue weighted by Crippen LogP contribution is -2.41. The molecule has 0 aliphatic heterocycles. The summed E-state index contributed by atoms with van der Waals surface area (Å²) in [6.45, 7) is 0. The van der Waals surface area contributed by atoms with Gasteiger partial charge in [-0.2, -0.15) is 13.2 Å². The minimum Gasteiger partial charge on any atom is -0.478 e. The number of carbonyl (C=O) groups is 2. The molecule has 0 aromatic rings. The molecule has 0 unspecified atom stereocenters.